The van der Waals surface area contributed by atoms with Gasteiger partial charge in [0.25, 0.3) is 11.6 Å². The molecule has 0 saturated carbocycles. The number of amides is 1. The smallest absolute Gasteiger partial charge is 0.272 e. The molecule has 1 N–H and O–H groups in total. The molecule has 3 aromatic rings. The number of aromatic nitrogens is 3. The number of aryl methyl sites for hydroxylation is 1. The van der Waals surface area contributed by atoms with Crippen LogP contribution in [0.3, 0.4) is 0 Å². The number of nitro benzene ring substituents is 1. The van der Waals surface area contributed by atoms with Crippen molar-refractivity contribution in [1.82, 2.24) is 20.1 Å². The van der Waals surface area contributed by atoms with Gasteiger partial charge in [-0.15, -0.1) is 0 Å². The highest BCUT2D eigenvalue weighted by Gasteiger charge is 2.16. The number of nitrogens with one attached hydrogen (secondary N) is 1. The lowest BCUT2D eigenvalue weighted by molar-refractivity contribution is -0.385. The van der Waals surface area contributed by atoms with Crippen molar-refractivity contribution < 1.29 is 9.72 Å². The Balaban J connectivity index is 1.71. The number of nitro groups is 1. The zero-order chi connectivity index (χ0) is 18.7. The molecule has 0 unspecified atom stereocenters. The Morgan fingerprint density at radius 1 is 1.23 bits per heavy atom. The van der Waals surface area contributed by atoms with Gasteiger partial charge >= 0.3 is 0 Å². The van der Waals surface area contributed by atoms with E-state index in [1.807, 2.05) is 31.2 Å². The van der Waals surface area contributed by atoms with Gasteiger partial charge in [-0.2, -0.15) is 5.10 Å². The van der Waals surface area contributed by atoms with Crippen molar-refractivity contribution in [3.05, 3.63) is 81.9 Å². The van der Waals surface area contributed by atoms with Crippen LogP contribution in [0.4, 0.5) is 5.69 Å². The van der Waals surface area contributed by atoms with Crippen molar-refractivity contribution in [3.8, 4) is 5.69 Å². The van der Waals surface area contributed by atoms with E-state index >= 15 is 0 Å². The van der Waals surface area contributed by atoms with Gasteiger partial charge in [-0.1, -0.05) is 12.1 Å². The molecule has 0 aliphatic heterocycles. The molecule has 0 aliphatic rings. The summed E-state index contributed by atoms with van der Waals surface area (Å²) in [4.78, 5) is 26.7. The van der Waals surface area contributed by atoms with E-state index in [0.717, 1.165) is 11.3 Å². The molecular weight excluding hydrogens is 334 g/mol. The van der Waals surface area contributed by atoms with Gasteiger partial charge in [0.2, 0.25) is 0 Å². The van der Waals surface area contributed by atoms with Gasteiger partial charge in [0.15, 0.2) is 0 Å². The maximum Gasteiger partial charge on any atom is 0.272 e. The first-order valence-corrected chi connectivity index (χ1v) is 7.96. The van der Waals surface area contributed by atoms with Gasteiger partial charge in [0, 0.05) is 17.2 Å². The maximum absolute atomic E-state index is 12.4. The van der Waals surface area contributed by atoms with Crippen LogP contribution in [0.25, 0.3) is 5.69 Å². The molecule has 0 fully saturated rings. The first kappa shape index (κ1) is 17.3. The summed E-state index contributed by atoms with van der Waals surface area (Å²) in [5, 5.41) is 17.8. The summed E-state index contributed by atoms with van der Waals surface area (Å²) in [6.45, 7) is 3.49. The SMILES string of the molecule is Cc1cc(C(=O)N[C@@H](C)c2ccc(-n3cncn3)cc2)ccc1[N+](=O)[O-]. The molecule has 1 amide bonds. The average molecular weight is 351 g/mol. The Morgan fingerprint density at radius 2 is 1.96 bits per heavy atom. The first-order chi connectivity index (χ1) is 12.5. The predicted molar refractivity (Wildman–Crippen MR) is 95.1 cm³/mol. The molecule has 0 saturated heterocycles. The Labute approximate surface area is 149 Å². The molecule has 0 bridgehead atoms. The van der Waals surface area contributed by atoms with Gasteiger partial charge in [0.1, 0.15) is 12.7 Å². The average Bonchev–Trinajstić information content (AvgIpc) is 3.16. The van der Waals surface area contributed by atoms with Gasteiger partial charge in [-0.05, 0) is 43.7 Å². The fourth-order valence-electron chi connectivity index (χ4n) is 2.62. The van der Waals surface area contributed by atoms with Crippen molar-refractivity contribution in [2.75, 3.05) is 0 Å². The van der Waals surface area contributed by atoms with E-state index in [0.29, 0.717) is 11.1 Å². The first-order valence-electron chi connectivity index (χ1n) is 7.96. The minimum Gasteiger partial charge on any atom is -0.346 e. The van der Waals surface area contributed by atoms with E-state index in [2.05, 4.69) is 15.4 Å². The molecule has 132 valence electrons. The Kier molecular flexibility index (Phi) is 4.74. The molecule has 2 aromatic carbocycles. The second kappa shape index (κ2) is 7.14. The summed E-state index contributed by atoms with van der Waals surface area (Å²) in [6, 6.07) is 11.7. The highest BCUT2D eigenvalue weighted by molar-refractivity contribution is 5.95. The van der Waals surface area contributed by atoms with Crippen LogP contribution in [0, 0.1) is 17.0 Å². The Morgan fingerprint density at radius 3 is 2.54 bits per heavy atom. The topological polar surface area (TPSA) is 103 Å². The molecule has 0 spiro atoms. The van der Waals surface area contributed by atoms with Crippen molar-refractivity contribution in [2.24, 2.45) is 0 Å². The number of rotatable bonds is 5. The van der Waals surface area contributed by atoms with Crippen LogP contribution in [-0.2, 0) is 0 Å². The highest BCUT2D eigenvalue weighted by Crippen LogP contribution is 2.20. The van der Waals surface area contributed by atoms with E-state index in [4.69, 9.17) is 0 Å². The van der Waals surface area contributed by atoms with Crippen molar-refractivity contribution >= 4 is 11.6 Å². The minimum absolute atomic E-state index is 0.00158. The van der Waals surface area contributed by atoms with Crippen molar-refractivity contribution in [2.45, 2.75) is 19.9 Å². The highest BCUT2D eigenvalue weighted by atomic mass is 16.6. The normalized spacial score (nSPS) is 11.8. The zero-order valence-corrected chi connectivity index (χ0v) is 14.3. The third-order valence-electron chi connectivity index (χ3n) is 4.08. The molecule has 0 radical (unpaired) electrons. The van der Waals surface area contributed by atoms with Gasteiger partial charge < -0.3 is 5.32 Å². The molecule has 26 heavy (non-hydrogen) atoms. The van der Waals surface area contributed by atoms with Crippen molar-refractivity contribution in [1.29, 1.82) is 0 Å². The summed E-state index contributed by atoms with van der Waals surface area (Å²) >= 11 is 0. The number of hydrogen-bond acceptors (Lipinski definition) is 5. The fraction of sp³-hybridized carbons (Fsp3) is 0.167. The predicted octanol–water partition coefficient (Wildman–Crippen LogP) is 2.97. The van der Waals surface area contributed by atoms with Crippen LogP contribution in [0.15, 0.2) is 55.1 Å². The molecule has 8 heteroatoms. The number of benzene rings is 2. The second-order valence-corrected chi connectivity index (χ2v) is 5.89. The lowest BCUT2D eigenvalue weighted by Gasteiger charge is -2.15. The molecule has 1 aromatic heterocycles. The largest absolute Gasteiger partial charge is 0.346 e. The number of nitrogens with zero attached hydrogens (tertiary/aromatic N) is 4. The minimum atomic E-state index is -0.462. The van der Waals surface area contributed by atoms with Gasteiger partial charge in [-0.25, -0.2) is 9.67 Å². The van der Waals surface area contributed by atoms with Crippen LogP contribution in [0.1, 0.15) is 34.5 Å². The molecule has 0 aliphatic carbocycles. The van der Waals surface area contributed by atoms with E-state index in [9.17, 15) is 14.9 Å². The number of hydrogen-bond donors (Lipinski definition) is 1. The lowest BCUT2D eigenvalue weighted by Crippen LogP contribution is -2.26. The van der Waals surface area contributed by atoms with Crippen LogP contribution in [0.5, 0.6) is 0 Å². The monoisotopic (exact) mass is 351 g/mol. The third-order valence-corrected chi connectivity index (χ3v) is 4.08. The summed E-state index contributed by atoms with van der Waals surface area (Å²) in [5.41, 5.74) is 2.64. The van der Waals surface area contributed by atoms with Crippen molar-refractivity contribution in [3.63, 3.8) is 0 Å². The summed E-state index contributed by atoms with van der Waals surface area (Å²) < 4.78 is 1.65. The second-order valence-electron chi connectivity index (χ2n) is 5.89. The van der Waals surface area contributed by atoms with Crippen LogP contribution < -0.4 is 5.32 Å². The Hall–Kier alpha value is -3.55. The quantitative estimate of drug-likeness (QED) is 0.562. The molecule has 8 nitrogen and oxygen atoms in total. The zero-order valence-electron chi connectivity index (χ0n) is 14.3. The summed E-state index contributed by atoms with van der Waals surface area (Å²) in [5.74, 6) is -0.282. The summed E-state index contributed by atoms with van der Waals surface area (Å²) in [6.07, 6.45) is 3.07. The molecular formula is C18H17N5O3. The lowest BCUT2D eigenvalue weighted by atomic mass is 10.1. The van der Waals surface area contributed by atoms with Crippen LogP contribution in [0.2, 0.25) is 0 Å². The Bertz CT molecular complexity index is 936. The third kappa shape index (κ3) is 3.59. The van der Waals surface area contributed by atoms with Crippen LogP contribution in [-0.4, -0.2) is 25.6 Å². The van der Waals surface area contributed by atoms with E-state index in [1.54, 1.807) is 17.9 Å². The van der Waals surface area contributed by atoms with E-state index in [-0.39, 0.29) is 17.6 Å². The van der Waals surface area contributed by atoms with Gasteiger partial charge in [0.05, 0.1) is 16.7 Å². The number of carbonyl (C=O) groups is 1. The maximum atomic E-state index is 12.4. The van der Waals surface area contributed by atoms with E-state index < -0.39 is 4.92 Å². The molecule has 1 heterocycles. The fourth-order valence-corrected chi connectivity index (χ4v) is 2.62. The van der Waals surface area contributed by atoms with Crippen LogP contribution >= 0.6 is 0 Å². The standard InChI is InChI=1S/C18H17N5O3/c1-12-9-15(5-8-17(12)23(25)26)18(24)21-13(2)14-3-6-16(7-4-14)22-11-19-10-20-22/h3-11,13H,1-2H3,(H,21,24)/t13-/m0/s1. The van der Waals surface area contributed by atoms with E-state index in [1.165, 1.54) is 24.5 Å². The molecule has 3 rings (SSSR count). The molecule has 1 atom stereocenters. The van der Waals surface area contributed by atoms with Gasteiger partial charge in [-0.3, -0.25) is 14.9 Å². The number of carbonyl (C=O) groups excluding carboxylic acids is 1. The summed E-state index contributed by atoms with van der Waals surface area (Å²) in [7, 11) is 0.